The summed E-state index contributed by atoms with van der Waals surface area (Å²) < 4.78 is 5.55. The molecule has 0 bridgehead atoms. The number of nitrogens with zero attached hydrogens (tertiary/aromatic N) is 2. The maximum absolute atomic E-state index is 13.0. The molecule has 5 aromatic rings. The maximum atomic E-state index is 13.0. The summed E-state index contributed by atoms with van der Waals surface area (Å²) in [5.74, 6) is -0.714. The van der Waals surface area contributed by atoms with Crippen molar-refractivity contribution in [3.8, 4) is 17.0 Å². The van der Waals surface area contributed by atoms with Crippen LogP contribution in [0.2, 0.25) is 0 Å². The molecule has 0 aliphatic rings. The number of thiazole rings is 1. The first kappa shape index (κ1) is 29.5. The number of amides is 1. The van der Waals surface area contributed by atoms with Crippen molar-refractivity contribution in [3.63, 3.8) is 0 Å². The second kappa shape index (κ2) is 14.3. The number of nitrogens with one attached hydrogen (secondary N) is 1. The molecule has 0 fully saturated rings. The van der Waals surface area contributed by atoms with Crippen LogP contribution in [0.1, 0.15) is 27.0 Å². The minimum Gasteiger partial charge on any atom is -0.496 e. The van der Waals surface area contributed by atoms with Crippen molar-refractivity contribution >= 4 is 28.3 Å². The zero-order valence-corrected chi connectivity index (χ0v) is 24.7. The molecular weight excluding hydrogens is 558 g/mol. The summed E-state index contributed by atoms with van der Waals surface area (Å²) in [6, 6.07) is 33.7. The van der Waals surface area contributed by atoms with Gasteiger partial charge in [-0.3, -0.25) is 4.79 Å². The van der Waals surface area contributed by atoms with Crippen LogP contribution >= 0.6 is 11.3 Å². The van der Waals surface area contributed by atoms with E-state index in [1.165, 1.54) is 5.56 Å². The minimum absolute atomic E-state index is 0.209. The van der Waals surface area contributed by atoms with Crippen molar-refractivity contribution in [3.05, 3.63) is 137 Å². The molecule has 1 amide bonds. The van der Waals surface area contributed by atoms with Crippen LogP contribution in [0.5, 0.6) is 5.75 Å². The molecule has 0 spiro atoms. The Kier molecular flexibility index (Phi) is 9.82. The van der Waals surface area contributed by atoms with Crippen LogP contribution < -0.4 is 15.0 Å². The molecule has 2 N–H and O–H groups in total. The van der Waals surface area contributed by atoms with Gasteiger partial charge in [0.05, 0.1) is 12.8 Å². The molecule has 1 unspecified atom stereocenters. The van der Waals surface area contributed by atoms with Gasteiger partial charge >= 0.3 is 5.97 Å². The average molecular weight is 592 g/mol. The fourth-order valence-corrected chi connectivity index (χ4v) is 5.67. The van der Waals surface area contributed by atoms with Gasteiger partial charge in [0.1, 0.15) is 11.8 Å². The van der Waals surface area contributed by atoms with Crippen molar-refractivity contribution in [2.45, 2.75) is 25.4 Å². The van der Waals surface area contributed by atoms with Gasteiger partial charge in [-0.1, -0.05) is 84.9 Å². The Bertz CT molecular complexity index is 1640. The van der Waals surface area contributed by atoms with Gasteiger partial charge in [-0.05, 0) is 47.4 Å². The van der Waals surface area contributed by atoms with Crippen LogP contribution in [0.4, 0.5) is 5.13 Å². The number of carbonyl (C=O) groups is 2. The van der Waals surface area contributed by atoms with E-state index in [1.54, 1.807) is 30.6 Å². The van der Waals surface area contributed by atoms with Crippen LogP contribution in [0.25, 0.3) is 11.3 Å². The molecule has 7 nitrogen and oxygen atoms in total. The lowest BCUT2D eigenvalue weighted by Gasteiger charge is -2.22. The average Bonchev–Trinajstić information content (AvgIpc) is 3.54. The van der Waals surface area contributed by atoms with Gasteiger partial charge in [-0.25, -0.2) is 9.78 Å². The molecule has 1 heterocycles. The largest absolute Gasteiger partial charge is 0.496 e. The third-order valence-corrected chi connectivity index (χ3v) is 8.04. The lowest BCUT2D eigenvalue weighted by molar-refractivity contribution is -0.139. The molecule has 0 radical (unpaired) electrons. The first-order valence-corrected chi connectivity index (χ1v) is 14.9. The molecule has 8 heteroatoms. The van der Waals surface area contributed by atoms with E-state index in [9.17, 15) is 14.7 Å². The van der Waals surface area contributed by atoms with Crippen LogP contribution in [0, 0.1) is 0 Å². The first-order chi connectivity index (χ1) is 21.0. The molecule has 4 aromatic carbocycles. The minimum atomic E-state index is -1.07. The fourth-order valence-electron chi connectivity index (χ4n) is 4.81. The highest BCUT2D eigenvalue weighted by molar-refractivity contribution is 7.14. The summed E-state index contributed by atoms with van der Waals surface area (Å²) in [7, 11) is 1.66. The zero-order chi connectivity index (χ0) is 30.0. The van der Waals surface area contributed by atoms with E-state index < -0.39 is 17.9 Å². The number of carboxylic acids is 1. The number of aliphatic carboxylic acids is 1. The normalized spacial score (nSPS) is 11.5. The van der Waals surface area contributed by atoms with Crippen molar-refractivity contribution < 1.29 is 19.4 Å². The zero-order valence-electron chi connectivity index (χ0n) is 23.9. The van der Waals surface area contributed by atoms with E-state index in [-0.39, 0.29) is 6.42 Å². The Morgan fingerprint density at radius 3 is 2.19 bits per heavy atom. The second-order valence-electron chi connectivity index (χ2n) is 10.1. The predicted molar refractivity (Wildman–Crippen MR) is 171 cm³/mol. The number of benzene rings is 4. The first-order valence-electron chi connectivity index (χ1n) is 14.0. The fraction of sp³-hybridized carbons (Fsp3) is 0.171. The van der Waals surface area contributed by atoms with Crippen molar-refractivity contribution in [1.29, 1.82) is 0 Å². The van der Waals surface area contributed by atoms with E-state index in [0.717, 1.165) is 46.2 Å². The number of hydrogen-bond acceptors (Lipinski definition) is 6. The predicted octanol–water partition coefficient (Wildman–Crippen LogP) is 6.49. The topological polar surface area (TPSA) is 91.8 Å². The van der Waals surface area contributed by atoms with Crippen molar-refractivity contribution in [1.82, 2.24) is 10.3 Å². The molecule has 0 saturated carbocycles. The molecule has 0 aliphatic carbocycles. The summed E-state index contributed by atoms with van der Waals surface area (Å²) in [5.41, 5.74) is 5.31. The number of methoxy groups -OCH3 is 1. The molecule has 0 saturated heterocycles. The van der Waals surface area contributed by atoms with Crippen LogP contribution in [-0.4, -0.2) is 41.7 Å². The maximum Gasteiger partial charge on any atom is 0.326 e. The standard InChI is InChI=1S/C35H33N3O4S/c1-42-32-15-9-8-14-29(32)31-24-43-35(37-31)38(21-20-25-10-4-2-5-11-25)23-27-16-18-28(19-17-27)33(39)36-30(34(40)41)22-26-12-6-3-7-13-26/h2-19,24,30H,20-23H2,1H3,(H,36,39)(H,40,41). The summed E-state index contributed by atoms with van der Waals surface area (Å²) in [4.78, 5) is 32.0. The molecule has 218 valence electrons. The highest BCUT2D eigenvalue weighted by Crippen LogP contribution is 2.33. The molecule has 1 atom stereocenters. The Balaban J connectivity index is 1.31. The third-order valence-electron chi connectivity index (χ3n) is 7.13. The van der Waals surface area contributed by atoms with Crippen LogP contribution in [0.15, 0.2) is 115 Å². The molecular formula is C35H33N3O4S. The van der Waals surface area contributed by atoms with Gasteiger partial charge in [0.15, 0.2) is 5.13 Å². The van der Waals surface area contributed by atoms with Gasteiger partial charge in [0, 0.05) is 36.0 Å². The molecule has 1 aromatic heterocycles. The number of para-hydroxylation sites is 1. The number of ether oxygens (including phenoxy) is 1. The monoisotopic (exact) mass is 591 g/mol. The summed E-state index contributed by atoms with van der Waals surface area (Å²) in [5, 5.41) is 15.3. The Morgan fingerprint density at radius 1 is 0.860 bits per heavy atom. The lowest BCUT2D eigenvalue weighted by atomic mass is 10.0. The van der Waals surface area contributed by atoms with Gasteiger partial charge in [0.25, 0.3) is 5.91 Å². The summed E-state index contributed by atoms with van der Waals surface area (Å²) >= 11 is 1.58. The van der Waals surface area contributed by atoms with Gasteiger partial charge < -0.3 is 20.1 Å². The van der Waals surface area contributed by atoms with E-state index >= 15 is 0 Å². The summed E-state index contributed by atoms with van der Waals surface area (Å²) in [6.45, 7) is 1.35. The highest BCUT2D eigenvalue weighted by Gasteiger charge is 2.21. The number of aromatic nitrogens is 1. The van der Waals surface area contributed by atoms with Crippen LogP contribution in [-0.2, 0) is 24.2 Å². The Hall–Kier alpha value is -4.95. The van der Waals surface area contributed by atoms with Gasteiger partial charge in [-0.2, -0.15) is 0 Å². The van der Waals surface area contributed by atoms with Gasteiger partial charge in [0.2, 0.25) is 0 Å². The van der Waals surface area contributed by atoms with Crippen LogP contribution in [0.3, 0.4) is 0 Å². The number of carbonyl (C=O) groups excluding carboxylic acids is 1. The summed E-state index contributed by atoms with van der Waals surface area (Å²) in [6.07, 6.45) is 1.06. The lowest BCUT2D eigenvalue weighted by Crippen LogP contribution is -2.42. The number of rotatable bonds is 13. The van der Waals surface area contributed by atoms with E-state index in [1.807, 2.05) is 90.3 Å². The highest BCUT2D eigenvalue weighted by atomic mass is 32.1. The number of carboxylic acid groups (broad SMARTS) is 1. The SMILES string of the molecule is COc1ccccc1-c1csc(N(CCc2ccccc2)Cc2ccc(C(=O)NC(Cc3ccccc3)C(=O)O)cc2)n1. The Morgan fingerprint density at radius 2 is 1.51 bits per heavy atom. The number of anilines is 1. The van der Waals surface area contributed by atoms with E-state index in [0.29, 0.717) is 12.1 Å². The van der Waals surface area contributed by atoms with Gasteiger partial charge in [-0.15, -0.1) is 11.3 Å². The van der Waals surface area contributed by atoms with E-state index in [4.69, 9.17) is 9.72 Å². The van der Waals surface area contributed by atoms with Crippen molar-refractivity contribution in [2.24, 2.45) is 0 Å². The number of hydrogen-bond donors (Lipinski definition) is 2. The second-order valence-corrected chi connectivity index (χ2v) is 11.0. The molecule has 5 rings (SSSR count). The van der Waals surface area contributed by atoms with E-state index in [2.05, 4.69) is 22.3 Å². The smallest absolute Gasteiger partial charge is 0.326 e. The van der Waals surface area contributed by atoms with Crippen molar-refractivity contribution in [2.75, 3.05) is 18.6 Å². The molecule has 0 aliphatic heterocycles. The molecule has 43 heavy (non-hydrogen) atoms. The Labute approximate surface area is 255 Å². The third kappa shape index (κ3) is 7.87. The quantitative estimate of drug-likeness (QED) is 0.163.